The van der Waals surface area contributed by atoms with E-state index in [1.807, 2.05) is 6.92 Å². The largest absolute Gasteiger partial charge is 0.481 e. The number of nitrogens with one attached hydrogen (secondary N) is 1. The minimum absolute atomic E-state index is 0.112. The third-order valence-corrected chi connectivity index (χ3v) is 3.89. The second-order valence-electron chi connectivity index (χ2n) is 4.58. The number of furan rings is 1. The molecule has 0 spiro atoms. The maximum atomic E-state index is 12.0. The summed E-state index contributed by atoms with van der Waals surface area (Å²) < 4.78 is 4.97. The highest BCUT2D eigenvalue weighted by Gasteiger charge is 2.19. The lowest BCUT2D eigenvalue weighted by molar-refractivity contribution is -0.141. The molecule has 2 N–H and O–H groups in total. The lowest BCUT2D eigenvalue weighted by Crippen LogP contribution is -2.33. The van der Waals surface area contributed by atoms with Gasteiger partial charge >= 0.3 is 5.97 Å². The molecule has 112 valence electrons. The number of hydrogen-bond acceptors (Lipinski definition) is 5. The van der Waals surface area contributed by atoms with Crippen molar-refractivity contribution in [2.24, 2.45) is 5.92 Å². The van der Waals surface area contributed by atoms with Gasteiger partial charge < -0.3 is 14.8 Å². The summed E-state index contributed by atoms with van der Waals surface area (Å²) in [6.07, 6.45) is 4.39. The van der Waals surface area contributed by atoms with Gasteiger partial charge in [-0.1, -0.05) is 13.3 Å². The van der Waals surface area contributed by atoms with Gasteiger partial charge in [-0.05, 0) is 12.5 Å². The highest BCUT2D eigenvalue weighted by atomic mass is 32.1. The molecule has 0 aliphatic rings. The molecule has 7 heteroatoms. The molecule has 2 rings (SSSR count). The van der Waals surface area contributed by atoms with Crippen LogP contribution in [-0.2, 0) is 4.79 Å². The maximum Gasteiger partial charge on any atom is 0.308 e. The molecule has 21 heavy (non-hydrogen) atoms. The SMILES string of the molecule is CCCC(CNC(=O)c1csc(-c2ccoc2)n1)C(=O)O. The monoisotopic (exact) mass is 308 g/mol. The first kappa shape index (κ1) is 15.2. The predicted octanol–water partition coefficient (Wildman–Crippen LogP) is 2.63. The van der Waals surface area contributed by atoms with Gasteiger partial charge in [0.15, 0.2) is 0 Å². The number of carbonyl (C=O) groups excluding carboxylic acids is 1. The van der Waals surface area contributed by atoms with Gasteiger partial charge in [0.25, 0.3) is 5.91 Å². The number of hydrogen-bond donors (Lipinski definition) is 2. The first-order chi connectivity index (χ1) is 10.1. The van der Waals surface area contributed by atoms with Gasteiger partial charge in [0.2, 0.25) is 0 Å². The summed E-state index contributed by atoms with van der Waals surface area (Å²) in [7, 11) is 0. The van der Waals surface area contributed by atoms with Crippen LogP contribution in [-0.4, -0.2) is 28.5 Å². The molecule has 2 aromatic rings. The molecule has 0 bridgehead atoms. The molecule has 0 saturated carbocycles. The normalized spacial score (nSPS) is 12.0. The number of aliphatic carboxylic acids is 1. The van der Waals surface area contributed by atoms with Crippen LogP contribution in [0.5, 0.6) is 0 Å². The Balaban J connectivity index is 1.96. The Labute approximate surface area is 125 Å². The number of aromatic nitrogens is 1. The molecule has 0 aliphatic carbocycles. The van der Waals surface area contributed by atoms with E-state index in [0.717, 1.165) is 12.0 Å². The van der Waals surface area contributed by atoms with Crippen molar-refractivity contribution in [1.29, 1.82) is 0 Å². The van der Waals surface area contributed by atoms with E-state index in [2.05, 4.69) is 10.3 Å². The summed E-state index contributed by atoms with van der Waals surface area (Å²) >= 11 is 1.34. The van der Waals surface area contributed by atoms with Crippen LogP contribution in [0.1, 0.15) is 30.3 Å². The van der Waals surface area contributed by atoms with E-state index in [1.165, 1.54) is 11.3 Å². The van der Waals surface area contributed by atoms with Crippen molar-refractivity contribution >= 4 is 23.2 Å². The molecular formula is C14H16N2O4S. The molecule has 6 nitrogen and oxygen atoms in total. The average molecular weight is 308 g/mol. The van der Waals surface area contributed by atoms with Gasteiger partial charge in [-0.2, -0.15) is 0 Å². The molecular weight excluding hydrogens is 292 g/mol. The first-order valence-electron chi connectivity index (χ1n) is 6.61. The van der Waals surface area contributed by atoms with E-state index >= 15 is 0 Å². The van der Waals surface area contributed by atoms with Crippen LogP contribution in [0.25, 0.3) is 10.6 Å². The fourth-order valence-electron chi connectivity index (χ4n) is 1.86. The van der Waals surface area contributed by atoms with E-state index in [9.17, 15) is 9.59 Å². The van der Waals surface area contributed by atoms with Crippen molar-refractivity contribution in [2.75, 3.05) is 6.54 Å². The van der Waals surface area contributed by atoms with Crippen LogP contribution in [0, 0.1) is 5.92 Å². The minimum Gasteiger partial charge on any atom is -0.481 e. The number of thiazole rings is 1. The van der Waals surface area contributed by atoms with Gasteiger partial charge in [-0.25, -0.2) is 4.98 Å². The van der Waals surface area contributed by atoms with Crippen LogP contribution in [0.4, 0.5) is 0 Å². The molecule has 0 radical (unpaired) electrons. The summed E-state index contributed by atoms with van der Waals surface area (Å²) in [4.78, 5) is 27.2. The zero-order chi connectivity index (χ0) is 15.2. The summed E-state index contributed by atoms with van der Waals surface area (Å²) in [5.41, 5.74) is 1.10. The smallest absolute Gasteiger partial charge is 0.308 e. The van der Waals surface area contributed by atoms with E-state index in [4.69, 9.17) is 9.52 Å². The highest BCUT2D eigenvalue weighted by molar-refractivity contribution is 7.13. The Bertz CT molecular complexity index is 606. The van der Waals surface area contributed by atoms with Crippen LogP contribution in [0.3, 0.4) is 0 Å². The first-order valence-corrected chi connectivity index (χ1v) is 7.49. The van der Waals surface area contributed by atoms with Gasteiger partial charge in [-0.15, -0.1) is 11.3 Å². The molecule has 2 heterocycles. The lowest BCUT2D eigenvalue weighted by Gasteiger charge is -2.11. The Hall–Kier alpha value is -2.15. The third kappa shape index (κ3) is 3.91. The van der Waals surface area contributed by atoms with E-state index in [0.29, 0.717) is 11.4 Å². The maximum absolute atomic E-state index is 12.0. The second kappa shape index (κ2) is 7.03. The van der Waals surface area contributed by atoms with Crippen molar-refractivity contribution in [3.8, 4) is 10.6 Å². The fraction of sp³-hybridized carbons (Fsp3) is 0.357. The molecule has 0 saturated heterocycles. The zero-order valence-electron chi connectivity index (χ0n) is 11.5. The predicted molar refractivity (Wildman–Crippen MR) is 78.2 cm³/mol. The summed E-state index contributed by atoms with van der Waals surface area (Å²) in [5.74, 6) is -1.82. The minimum atomic E-state index is -0.894. The number of rotatable bonds is 7. The Kier molecular flexibility index (Phi) is 5.10. The second-order valence-corrected chi connectivity index (χ2v) is 5.44. The molecule has 0 fully saturated rings. The lowest BCUT2D eigenvalue weighted by atomic mass is 10.0. The Morgan fingerprint density at radius 1 is 1.52 bits per heavy atom. The number of amides is 1. The van der Waals surface area contributed by atoms with Crippen LogP contribution >= 0.6 is 11.3 Å². The van der Waals surface area contributed by atoms with Gasteiger partial charge in [0.1, 0.15) is 17.0 Å². The molecule has 2 aromatic heterocycles. The summed E-state index contributed by atoms with van der Waals surface area (Å²) in [6.45, 7) is 2.02. The number of carboxylic acid groups (broad SMARTS) is 1. The number of carboxylic acids is 1. The van der Waals surface area contributed by atoms with Crippen molar-refractivity contribution in [3.63, 3.8) is 0 Å². The van der Waals surface area contributed by atoms with Crippen molar-refractivity contribution < 1.29 is 19.1 Å². The molecule has 1 unspecified atom stereocenters. The topological polar surface area (TPSA) is 92.4 Å². The van der Waals surface area contributed by atoms with Crippen molar-refractivity contribution in [3.05, 3.63) is 29.7 Å². The van der Waals surface area contributed by atoms with Crippen molar-refractivity contribution in [1.82, 2.24) is 10.3 Å². The Morgan fingerprint density at radius 3 is 2.95 bits per heavy atom. The Morgan fingerprint density at radius 2 is 2.33 bits per heavy atom. The van der Waals surface area contributed by atoms with Crippen LogP contribution in [0.2, 0.25) is 0 Å². The van der Waals surface area contributed by atoms with Gasteiger partial charge in [0.05, 0.1) is 12.2 Å². The number of carbonyl (C=O) groups is 2. The van der Waals surface area contributed by atoms with E-state index in [1.54, 1.807) is 24.0 Å². The molecule has 1 amide bonds. The molecule has 0 aliphatic heterocycles. The standard InChI is InChI=1S/C14H16N2O4S/c1-2-3-9(14(18)19)6-15-12(17)11-8-21-13(16-11)10-4-5-20-7-10/h4-5,7-9H,2-3,6H2,1H3,(H,15,17)(H,18,19). The van der Waals surface area contributed by atoms with Crippen molar-refractivity contribution in [2.45, 2.75) is 19.8 Å². The van der Waals surface area contributed by atoms with Crippen LogP contribution in [0.15, 0.2) is 28.4 Å². The van der Waals surface area contributed by atoms with Gasteiger partial charge in [0, 0.05) is 17.5 Å². The zero-order valence-corrected chi connectivity index (χ0v) is 12.4. The summed E-state index contributed by atoms with van der Waals surface area (Å²) in [6, 6.07) is 1.77. The molecule has 1 atom stereocenters. The number of nitrogens with zero attached hydrogens (tertiary/aromatic N) is 1. The van der Waals surface area contributed by atoms with E-state index in [-0.39, 0.29) is 18.1 Å². The fourth-order valence-corrected chi connectivity index (χ4v) is 2.65. The van der Waals surface area contributed by atoms with Gasteiger partial charge in [-0.3, -0.25) is 9.59 Å². The highest BCUT2D eigenvalue weighted by Crippen LogP contribution is 2.23. The van der Waals surface area contributed by atoms with E-state index < -0.39 is 11.9 Å². The third-order valence-electron chi connectivity index (χ3n) is 3.00. The summed E-state index contributed by atoms with van der Waals surface area (Å²) in [5, 5.41) is 14.0. The quantitative estimate of drug-likeness (QED) is 0.820. The average Bonchev–Trinajstić information content (AvgIpc) is 3.11. The molecule has 0 aromatic carbocycles. The van der Waals surface area contributed by atoms with Crippen LogP contribution < -0.4 is 5.32 Å².